The molecule has 0 fully saturated rings. The third kappa shape index (κ3) is 3.88. The number of pyridine rings is 1. The summed E-state index contributed by atoms with van der Waals surface area (Å²) in [5.41, 5.74) is 4.91. The van der Waals surface area contributed by atoms with Gasteiger partial charge in [-0.2, -0.15) is 0 Å². The lowest BCUT2D eigenvalue weighted by Crippen LogP contribution is -2.05. The molecule has 0 amide bonds. The zero-order valence-electron chi connectivity index (χ0n) is 15.5. The molecule has 7 heteroatoms. The molecule has 3 aromatic heterocycles. The van der Waals surface area contributed by atoms with Gasteiger partial charge in [-0.05, 0) is 43.7 Å². The summed E-state index contributed by atoms with van der Waals surface area (Å²) in [5, 5.41) is 7.13. The predicted molar refractivity (Wildman–Crippen MR) is 104 cm³/mol. The van der Waals surface area contributed by atoms with Crippen molar-refractivity contribution in [3.05, 3.63) is 77.6 Å². The predicted octanol–water partition coefficient (Wildman–Crippen LogP) is 4.56. The van der Waals surface area contributed by atoms with Crippen molar-refractivity contribution in [2.45, 2.75) is 20.4 Å². The van der Waals surface area contributed by atoms with Crippen LogP contribution in [0.4, 0.5) is 10.3 Å². The number of hydrogen-bond acceptors (Lipinski definition) is 6. The molecule has 0 unspecified atom stereocenters. The summed E-state index contributed by atoms with van der Waals surface area (Å²) in [5.74, 6) is 0.791. The van der Waals surface area contributed by atoms with Crippen molar-refractivity contribution < 1.29 is 8.91 Å². The van der Waals surface area contributed by atoms with Gasteiger partial charge in [0.05, 0.1) is 17.0 Å². The second-order valence-electron chi connectivity index (χ2n) is 6.46. The zero-order chi connectivity index (χ0) is 19.5. The number of halogens is 1. The molecule has 1 aromatic carbocycles. The number of hydrogen-bond donors (Lipinski definition) is 1. The number of anilines is 1. The van der Waals surface area contributed by atoms with Gasteiger partial charge in [-0.25, -0.2) is 14.4 Å². The summed E-state index contributed by atoms with van der Waals surface area (Å²) in [4.78, 5) is 13.4. The van der Waals surface area contributed by atoms with Crippen LogP contribution in [0.5, 0.6) is 0 Å². The van der Waals surface area contributed by atoms with Gasteiger partial charge in [-0.3, -0.25) is 4.98 Å². The average molecular weight is 375 g/mol. The van der Waals surface area contributed by atoms with Crippen LogP contribution in [0.1, 0.15) is 17.0 Å². The molecule has 3 heterocycles. The Kier molecular flexibility index (Phi) is 4.80. The topological polar surface area (TPSA) is 76.7 Å². The molecule has 0 saturated heterocycles. The Morgan fingerprint density at radius 3 is 2.46 bits per heavy atom. The lowest BCUT2D eigenvalue weighted by molar-refractivity contribution is 0.427. The molecule has 1 N–H and O–H groups in total. The Hall–Kier alpha value is -3.61. The summed E-state index contributed by atoms with van der Waals surface area (Å²) < 4.78 is 18.5. The van der Waals surface area contributed by atoms with Crippen LogP contribution >= 0.6 is 0 Å². The SMILES string of the molecule is Cc1ccc(-c2nc(NCc3ccc(F)cc3)ncc2-c2cc(C)no2)cn1. The number of benzene rings is 1. The molecule has 0 aliphatic heterocycles. The van der Waals surface area contributed by atoms with Crippen LogP contribution in [-0.4, -0.2) is 20.1 Å². The highest BCUT2D eigenvalue weighted by atomic mass is 19.1. The van der Waals surface area contributed by atoms with Crippen molar-refractivity contribution in [1.29, 1.82) is 0 Å². The fraction of sp³-hybridized carbons (Fsp3) is 0.143. The molecule has 140 valence electrons. The summed E-state index contributed by atoms with van der Waals surface area (Å²) in [6, 6.07) is 12.0. The lowest BCUT2D eigenvalue weighted by atomic mass is 10.1. The standard InChI is InChI=1S/C21H18FN5O/c1-13-3-6-16(11-23-13)20-18(19-9-14(2)27-28-19)12-25-21(26-20)24-10-15-4-7-17(22)8-5-15/h3-9,11-12H,10H2,1-2H3,(H,24,25,26). The summed E-state index contributed by atoms with van der Waals surface area (Å²) in [6.07, 6.45) is 3.48. The van der Waals surface area contributed by atoms with Crippen molar-refractivity contribution in [3.8, 4) is 22.6 Å². The van der Waals surface area contributed by atoms with E-state index in [4.69, 9.17) is 4.52 Å². The number of nitrogens with one attached hydrogen (secondary N) is 1. The minimum Gasteiger partial charge on any atom is -0.356 e. The average Bonchev–Trinajstić information content (AvgIpc) is 3.14. The van der Waals surface area contributed by atoms with E-state index in [0.717, 1.165) is 28.1 Å². The molecule has 0 radical (unpaired) electrons. The van der Waals surface area contributed by atoms with E-state index in [0.29, 0.717) is 23.9 Å². The first-order chi connectivity index (χ1) is 13.6. The number of rotatable bonds is 5. The second-order valence-corrected chi connectivity index (χ2v) is 6.46. The highest BCUT2D eigenvalue weighted by Gasteiger charge is 2.15. The number of aryl methyl sites for hydroxylation is 2. The molecule has 0 bridgehead atoms. The van der Waals surface area contributed by atoms with Gasteiger partial charge in [-0.15, -0.1) is 0 Å². The smallest absolute Gasteiger partial charge is 0.223 e. The van der Waals surface area contributed by atoms with Gasteiger partial charge < -0.3 is 9.84 Å². The molecule has 0 aliphatic rings. The van der Waals surface area contributed by atoms with Crippen molar-refractivity contribution >= 4 is 5.95 Å². The Labute approximate surface area is 161 Å². The van der Waals surface area contributed by atoms with E-state index < -0.39 is 0 Å². The van der Waals surface area contributed by atoms with E-state index in [2.05, 4.69) is 25.4 Å². The minimum absolute atomic E-state index is 0.263. The quantitative estimate of drug-likeness (QED) is 0.551. The maximum atomic E-state index is 13.1. The second kappa shape index (κ2) is 7.56. The van der Waals surface area contributed by atoms with Gasteiger partial charge in [0.15, 0.2) is 5.76 Å². The minimum atomic E-state index is -0.263. The summed E-state index contributed by atoms with van der Waals surface area (Å²) in [7, 11) is 0. The number of nitrogens with zero attached hydrogens (tertiary/aromatic N) is 4. The lowest BCUT2D eigenvalue weighted by Gasteiger charge is -2.10. The van der Waals surface area contributed by atoms with Crippen molar-refractivity contribution in [3.63, 3.8) is 0 Å². The van der Waals surface area contributed by atoms with E-state index in [1.807, 2.05) is 32.0 Å². The third-order valence-corrected chi connectivity index (χ3v) is 4.23. The third-order valence-electron chi connectivity index (χ3n) is 4.23. The van der Waals surface area contributed by atoms with Gasteiger partial charge in [0, 0.05) is 36.3 Å². The highest BCUT2D eigenvalue weighted by molar-refractivity contribution is 5.78. The zero-order valence-corrected chi connectivity index (χ0v) is 15.5. The molecule has 0 atom stereocenters. The van der Waals surface area contributed by atoms with Crippen LogP contribution in [0.3, 0.4) is 0 Å². The first-order valence-corrected chi connectivity index (χ1v) is 8.80. The molecular formula is C21H18FN5O. The summed E-state index contributed by atoms with van der Waals surface area (Å²) in [6.45, 7) is 4.27. The Morgan fingerprint density at radius 2 is 1.79 bits per heavy atom. The monoisotopic (exact) mass is 375 g/mol. The van der Waals surface area contributed by atoms with Crippen LogP contribution in [0.25, 0.3) is 22.6 Å². The summed E-state index contributed by atoms with van der Waals surface area (Å²) >= 11 is 0. The van der Waals surface area contributed by atoms with E-state index >= 15 is 0 Å². The fourth-order valence-electron chi connectivity index (χ4n) is 2.75. The van der Waals surface area contributed by atoms with E-state index in [-0.39, 0.29) is 5.82 Å². The van der Waals surface area contributed by atoms with Gasteiger partial charge in [0.1, 0.15) is 5.82 Å². The molecule has 4 rings (SSSR count). The Morgan fingerprint density at radius 1 is 0.964 bits per heavy atom. The molecule has 28 heavy (non-hydrogen) atoms. The Bertz CT molecular complexity index is 1090. The van der Waals surface area contributed by atoms with Crippen LogP contribution in [-0.2, 0) is 6.54 Å². The molecule has 4 aromatic rings. The maximum absolute atomic E-state index is 13.1. The van der Waals surface area contributed by atoms with Crippen LogP contribution in [0.15, 0.2) is 59.4 Å². The Balaban J connectivity index is 1.68. The fourth-order valence-corrected chi connectivity index (χ4v) is 2.75. The van der Waals surface area contributed by atoms with Crippen molar-refractivity contribution in [2.75, 3.05) is 5.32 Å². The van der Waals surface area contributed by atoms with Crippen molar-refractivity contribution in [2.24, 2.45) is 0 Å². The molecule has 0 saturated carbocycles. The van der Waals surface area contributed by atoms with E-state index in [1.54, 1.807) is 24.5 Å². The highest BCUT2D eigenvalue weighted by Crippen LogP contribution is 2.31. The van der Waals surface area contributed by atoms with Gasteiger partial charge in [-0.1, -0.05) is 17.3 Å². The normalized spacial score (nSPS) is 10.8. The van der Waals surface area contributed by atoms with Gasteiger partial charge in [0.2, 0.25) is 5.95 Å². The molecule has 0 aliphatic carbocycles. The molecule has 0 spiro atoms. The van der Waals surface area contributed by atoms with Crippen LogP contribution in [0, 0.1) is 19.7 Å². The largest absolute Gasteiger partial charge is 0.356 e. The number of aromatic nitrogens is 4. The van der Waals surface area contributed by atoms with Gasteiger partial charge in [0.25, 0.3) is 0 Å². The van der Waals surface area contributed by atoms with E-state index in [1.165, 1.54) is 12.1 Å². The molecular weight excluding hydrogens is 357 g/mol. The van der Waals surface area contributed by atoms with Crippen molar-refractivity contribution in [1.82, 2.24) is 20.1 Å². The van der Waals surface area contributed by atoms with Crippen LogP contribution in [0.2, 0.25) is 0 Å². The first-order valence-electron chi connectivity index (χ1n) is 8.80. The molecule has 6 nitrogen and oxygen atoms in total. The van der Waals surface area contributed by atoms with Gasteiger partial charge >= 0.3 is 0 Å². The first kappa shape index (κ1) is 17.8. The maximum Gasteiger partial charge on any atom is 0.223 e. The van der Waals surface area contributed by atoms with Crippen LogP contribution < -0.4 is 5.32 Å². The van der Waals surface area contributed by atoms with E-state index in [9.17, 15) is 4.39 Å².